The highest BCUT2D eigenvalue weighted by molar-refractivity contribution is 5.73. The monoisotopic (exact) mass is 337 g/mol. The van der Waals surface area contributed by atoms with Crippen LogP contribution >= 0.6 is 0 Å². The number of aliphatic carboxylic acids is 1. The topological polar surface area (TPSA) is 76.4 Å². The minimum absolute atomic E-state index is 0.00823. The maximum Gasteiger partial charge on any atom is 0.490 e. The summed E-state index contributed by atoms with van der Waals surface area (Å²) in [7, 11) is 0. The Hall–Kier alpha value is -2.41. The predicted octanol–water partition coefficient (Wildman–Crippen LogP) is 1.88. The molecule has 23 heavy (non-hydrogen) atoms. The maximum absolute atomic E-state index is 13.6. The molecule has 1 saturated heterocycles. The molecule has 126 valence electrons. The highest BCUT2D eigenvalue weighted by Gasteiger charge is 2.38. The number of anilines is 1. The highest BCUT2D eigenvalue weighted by Crippen LogP contribution is 2.25. The van der Waals surface area contributed by atoms with Crippen molar-refractivity contribution in [2.75, 3.05) is 31.1 Å². The quantitative estimate of drug-likeness (QED) is 0.765. The molecule has 0 spiro atoms. The number of alkyl halides is 3. The summed E-state index contributed by atoms with van der Waals surface area (Å²) in [4.78, 5) is 10.6. The van der Waals surface area contributed by atoms with Gasteiger partial charge in [-0.05, 0) is 12.1 Å². The number of rotatable bonds is 1. The number of carboxylic acids is 1. The number of hydrogen-bond acceptors (Lipinski definition) is 4. The third-order valence-electron chi connectivity index (χ3n) is 2.82. The average Bonchev–Trinajstić information content (AvgIpc) is 2.47. The Balaban J connectivity index is 0.000000322. The van der Waals surface area contributed by atoms with Gasteiger partial charge < -0.3 is 15.3 Å². The van der Waals surface area contributed by atoms with Crippen LogP contribution in [0.5, 0.6) is 0 Å². The zero-order valence-electron chi connectivity index (χ0n) is 11.6. The number of carbonyl (C=O) groups is 1. The number of hydrogen-bond donors (Lipinski definition) is 2. The molecular weight excluding hydrogens is 325 g/mol. The Bertz CT molecular complexity index is 584. The lowest BCUT2D eigenvalue weighted by molar-refractivity contribution is -0.192. The molecule has 0 amide bonds. The fourth-order valence-electron chi connectivity index (χ4n) is 1.82. The molecular formula is C13H12F5N3O2. The van der Waals surface area contributed by atoms with Crippen LogP contribution in [0, 0.1) is 23.0 Å². The van der Waals surface area contributed by atoms with Crippen molar-refractivity contribution in [1.82, 2.24) is 5.32 Å². The fraction of sp³-hybridized carbons (Fsp3) is 0.385. The molecule has 1 heterocycles. The van der Waals surface area contributed by atoms with E-state index in [0.717, 1.165) is 12.1 Å². The molecule has 2 N–H and O–H groups in total. The van der Waals surface area contributed by atoms with Gasteiger partial charge in [0.25, 0.3) is 0 Å². The van der Waals surface area contributed by atoms with Gasteiger partial charge in [-0.25, -0.2) is 13.6 Å². The normalized spacial score (nSPS) is 14.5. The zero-order chi connectivity index (χ0) is 17.6. The third kappa shape index (κ3) is 5.37. The fourth-order valence-corrected chi connectivity index (χ4v) is 1.82. The summed E-state index contributed by atoms with van der Waals surface area (Å²) in [6.07, 6.45) is -5.08. The van der Waals surface area contributed by atoms with E-state index in [1.807, 2.05) is 0 Å². The molecule has 0 bridgehead atoms. The van der Waals surface area contributed by atoms with E-state index in [-0.39, 0.29) is 11.3 Å². The van der Waals surface area contributed by atoms with E-state index >= 15 is 0 Å². The Kier molecular flexibility index (Phi) is 6.27. The largest absolute Gasteiger partial charge is 0.490 e. The van der Waals surface area contributed by atoms with Gasteiger partial charge in [-0.3, -0.25) is 0 Å². The lowest BCUT2D eigenvalue weighted by Crippen LogP contribution is -2.44. The van der Waals surface area contributed by atoms with E-state index in [1.54, 1.807) is 11.0 Å². The second kappa shape index (κ2) is 7.73. The second-order valence-electron chi connectivity index (χ2n) is 4.44. The van der Waals surface area contributed by atoms with Crippen LogP contribution in [0.1, 0.15) is 5.56 Å². The number of piperazine rings is 1. The number of carboxylic acid groups (broad SMARTS) is 1. The maximum atomic E-state index is 13.6. The van der Waals surface area contributed by atoms with E-state index in [9.17, 15) is 22.0 Å². The summed E-state index contributed by atoms with van der Waals surface area (Å²) in [5, 5.41) is 18.8. The number of nitrogens with zero attached hydrogens (tertiary/aromatic N) is 2. The Morgan fingerprint density at radius 2 is 1.65 bits per heavy atom. The lowest BCUT2D eigenvalue weighted by atomic mass is 10.1. The van der Waals surface area contributed by atoms with E-state index in [0.29, 0.717) is 26.2 Å². The van der Waals surface area contributed by atoms with Crippen molar-refractivity contribution in [3.63, 3.8) is 0 Å². The van der Waals surface area contributed by atoms with Gasteiger partial charge in [0.2, 0.25) is 0 Å². The number of nitrogens with one attached hydrogen (secondary N) is 1. The van der Waals surface area contributed by atoms with Crippen LogP contribution < -0.4 is 10.2 Å². The van der Waals surface area contributed by atoms with Crippen LogP contribution in [0.4, 0.5) is 27.6 Å². The van der Waals surface area contributed by atoms with Gasteiger partial charge in [0.15, 0.2) is 11.6 Å². The number of halogens is 5. The van der Waals surface area contributed by atoms with Crippen molar-refractivity contribution in [3.05, 3.63) is 29.3 Å². The molecule has 5 nitrogen and oxygen atoms in total. The number of nitriles is 1. The van der Waals surface area contributed by atoms with Gasteiger partial charge >= 0.3 is 12.1 Å². The molecule has 2 rings (SSSR count). The van der Waals surface area contributed by atoms with Crippen molar-refractivity contribution in [2.45, 2.75) is 6.18 Å². The summed E-state index contributed by atoms with van der Waals surface area (Å²) in [5.74, 6) is -4.09. The van der Waals surface area contributed by atoms with Gasteiger partial charge in [-0.1, -0.05) is 0 Å². The van der Waals surface area contributed by atoms with Gasteiger partial charge in [0, 0.05) is 26.2 Å². The SMILES string of the molecule is N#Cc1cc(F)c(N2CCNCC2)c(F)c1.O=C(O)C(F)(F)F. The first-order chi connectivity index (χ1) is 10.7. The molecule has 0 radical (unpaired) electrons. The molecule has 1 aromatic rings. The van der Waals surface area contributed by atoms with Crippen LogP contribution in [0.3, 0.4) is 0 Å². The Labute approximate surface area is 127 Å². The van der Waals surface area contributed by atoms with Crippen molar-refractivity contribution in [3.8, 4) is 6.07 Å². The van der Waals surface area contributed by atoms with Crippen LogP contribution in [0.25, 0.3) is 0 Å². The molecule has 0 saturated carbocycles. The highest BCUT2D eigenvalue weighted by atomic mass is 19.4. The predicted molar refractivity (Wildman–Crippen MR) is 69.8 cm³/mol. The first kappa shape index (κ1) is 18.6. The van der Waals surface area contributed by atoms with E-state index in [2.05, 4.69) is 5.32 Å². The van der Waals surface area contributed by atoms with Crippen molar-refractivity contribution in [1.29, 1.82) is 5.26 Å². The van der Waals surface area contributed by atoms with Crippen LogP contribution in [0.15, 0.2) is 12.1 Å². The zero-order valence-corrected chi connectivity index (χ0v) is 11.6. The molecule has 0 atom stereocenters. The Morgan fingerprint density at radius 3 is 2.00 bits per heavy atom. The lowest BCUT2D eigenvalue weighted by Gasteiger charge is -2.29. The Morgan fingerprint density at radius 1 is 1.22 bits per heavy atom. The summed E-state index contributed by atoms with van der Waals surface area (Å²) >= 11 is 0. The van der Waals surface area contributed by atoms with Crippen LogP contribution in [0.2, 0.25) is 0 Å². The average molecular weight is 337 g/mol. The molecule has 1 aromatic carbocycles. The van der Waals surface area contributed by atoms with E-state index in [4.69, 9.17) is 15.2 Å². The first-order valence-corrected chi connectivity index (χ1v) is 6.31. The van der Waals surface area contributed by atoms with Crippen molar-refractivity contribution >= 4 is 11.7 Å². The first-order valence-electron chi connectivity index (χ1n) is 6.31. The minimum Gasteiger partial charge on any atom is -0.475 e. The van der Waals surface area contributed by atoms with Crippen molar-refractivity contribution in [2.24, 2.45) is 0 Å². The molecule has 1 fully saturated rings. The van der Waals surface area contributed by atoms with Crippen LogP contribution in [-0.4, -0.2) is 43.4 Å². The van der Waals surface area contributed by atoms with Gasteiger partial charge in [-0.2, -0.15) is 18.4 Å². The van der Waals surface area contributed by atoms with Gasteiger partial charge in [0.1, 0.15) is 5.69 Å². The van der Waals surface area contributed by atoms with E-state index < -0.39 is 23.8 Å². The van der Waals surface area contributed by atoms with Crippen molar-refractivity contribution < 1.29 is 31.9 Å². The summed E-state index contributed by atoms with van der Waals surface area (Å²) in [5.41, 5.74) is -0.0191. The number of benzene rings is 1. The third-order valence-corrected chi connectivity index (χ3v) is 2.82. The minimum atomic E-state index is -5.08. The smallest absolute Gasteiger partial charge is 0.475 e. The molecule has 0 aliphatic carbocycles. The molecule has 1 aliphatic rings. The summed E-state index contributed by atoms with van der Waals surface area (Å²) in [6.45, 7) is 2.55. The van der Waals surface area contributed by atoms with E-state index in [1.165, 1.54) is 0 Å². The summed E-state index contributed by atoms with van der Waals surface area (Å²) in [6, 6.07) is 3.87. The van der Waals surface area contributed by atoms with Gasteiger partial charge in [-0.15, -0.1) is 0 Å². The van der Waals surface area contributed by atoms with Gasteiger partial charge in [0.05, 0.1) is 11.6 Å². The summed E-state index contributed by atoms with van der Waals surface area (Å²) < 4.78 is 59.0. The molecule has 1 aliphatic heterocycles. The van der Waals surface area contributed by atoms with Crippen LogP contribution in [-0.2, 0) is 4.79 Å². The second-order valence-corrected chi connectivity index (χ2v) is 4.44. The molecule has 0 unspecified atom stereocenters. The molecule has 10 heteroatoms. The standard InChI is InChI=1S/C11H11F2N3.C2HF3O2/c12-9-5-8(7-14)6-10(13)11(9)16-3-1-15-2-4-16;3-2(4,5)1(6)7/h5-6,15H,1-4H2;(H,6,7). The molecule has 0 aromatic heterocycles.